The first-order chi connectivity index (χ1) is 14.1. The number of anilines is 2. The predicted octanol–water partition coefficient (Wildman–Crippen LogP) is 3.99. The molecule has 1 N–H and O–H groups in total. The highest BCUT2D eigenvalue weighted by molar-refractivity contribution is 5.91. The fourth-order valence-corrected chi connectivity index (χ4v) is 4.44. The van der Waals surface area contributed by atoms with Crippen LogP contribution < -0.4 is 10.2 Å². The number of nitrogens with one attached hydrogen (secondary N) is 1. The summed E-state index contributed by atoms with van der Waals surface area (Å²) in [6.45, 7) is 7.21. The molecule has 2 aliphatic rings. The lowest BCUT2D eigenvalue weighted by molar-refractivity contribution is 0.206. The van der Waals surface area contributed by atoms with Crippen LogP contribution in [-0.2, 0) is 6.42 Å². The lowest BCUT2D eigenvalue weighted by Crippen LogP contribution is -2.44. The minimum absolute atomic E-state index is 0.0267. The number of likely N-dealkylation sites (tertiary alicyclic amines) is 1. The van der Waals surface area contributed by atoms with Crippen molar-refractivity contribution in [2.45, 2.75) is 32.2 Å². The van der Waals surface area contributed by atoms with Crippen molar-refractivity contribution >= 4 is 17.4 Å². The summed E-state index contributed by atoms with van der Waals surface area (Å²) in [5, 5.41) is 3.17. The van der Waals surface area contributed by atoms with Crippen molar-refractivity contribution in [3.05, 3.63) is 59.7 Å². The van der Waals surface area contributed by atoms with Gasteiger partial charge in [-0.25, -0.2) is 4.79 Å². The fourth-order valence-electron chi connectivity index (χ4n) is 4.44. The van der Waals surface area contributed by atoms with Crippen LogP contribution in [-0.4, -0.2) is 61.6 Å². The fraction of sp³-hybridized carbons (Fsp3) is 0.458. The number of hydrogen-bond acceptors (Lipinski definition) is 3. The predicted molar refractivity (Wildman–Crippen MR) is 120 cm³/mol. The molecule has 0 aromatic heterocycles. The maximum absolute atomic E-state index is 13.0. The Kier molecular flexibility index (Phi) is 6.05. The van der Waals surface area contributed by atoms with Crippen LogP contribution in [0.15, 0.2) is 48.5 Å². The molecule has 0 bridgehead atoms. The van der Waals surface area contributed by atoms with Gasteiger partial charge in [-0.3, -0.25) is 0 Å². The number of urea groups is 1. The molecule has 1 atom stereocenters. The molecule has 2 heterocycles. The highest BCUT2D eigenvalue weighted by Crippen LogP contribution is 2.26. The van der Waals surface area contributed by atoms with Crippen molar-refractivity contribution in [1.29, 1.82) is 0 Å². The van der Waals surface area contributed by atoms with Gasteiger partial charge in [0, 0.05) is 50.1 Å². The van der Waals surface area contributed by atoms with E-state index in [2.05, 4.69) is 71.6 Å². The van der Waals surface area contributed by atoms with Crippen LogP contribution in [0.1, 0.15) is 24.0 Å². The average molecular weight is 393 g/mol. The van der Waals surface area contributed by atoms with Crippen LogP contribution in [0, 0.1) is 6.92 Å². The summed E-state index contributed by atoms with van der Waals surface area (Å²) in [5.74, 6) is 0. The third-order valence-corrected chi connectivity index (χ3v) is 6.27. The Morgan fingerprint density at radius 3 is 2.52 bits per heavy atom. The van der Waals surface area contributed by atoms with Gasteiger partial charge in [0.05, 0.1) is 0 Å². The number of carbonyl (C=O) groups excluding carboxylic acids is 1. The third-order valence-electron chi connectivity index (χ3n) is 6.27. The van der Waals surface area contributed by atoms with E-state index in [-0.39, 0.29) is 12.1 Å². The smallest absolute Gasteiger partial charge is 0.322 e. The van der Waals surface area contributed by atoms with Gasteiger partial charge in [-0.15, -0.1) is 0 Å². The summed E-state index contributed by atoms with van der Waals surface area (Å²) in [6.07, 6.45) is 3.07. The number of piperazine rings is 1. The second-order valence-corrected chi connectivity index (χ2v) is 8.40. The molecule has 2 aliphatic heterocycles. The Morgan fingerprint density at radius 1 is 1.03 bits per heavy atom. The SMILES string of the molecule is Cc1cc(N2CCN(C)CC2)ccc1NC(=O)N1CCCC1Cc1ccccc1. The maximum atomic E-state index is 13.0. The molecule has 4 rings (SSSR count). The number of rotatable bonds is 4. The monoisotopic (exact) mass is 392 g/mol. The Hall–Kier alpha value is -2.53. The zero-order valence-corrected chi connectivity index (χ0v) is 17.6. The first-order valence-corrected chi connectivity index (χ1v) is 10.8. The van der Waals surface area contributed by atoms with E-state index in [1.807, 2.05) is 11.0 Å². The van der Waals surface area contributed by atoms with Gasteiger partial charge in [0.1, 0.15) is 0 Å². The van der Waals surface area contributed by atoms with Crippen molar-refractivity contribution < 1.29 is 4.79 Å². The highest BCUT2D eigenvalue weighted by Gasteiger charge is 2.29. The second kappa shape index (κ2) is 8.87. The molecule has 1 unspecified atom stereocenters. The van der Waals surface area contributed by atoms with Crippen LogP contribution in [0.3, 0.4) is 0 Å². The summed E-state index contributed by atoms with van der Waals surface area (Å²) >= 11 is 0. The highest BCUT2D eigenvalue weighted by atomic mass is 16.2. The van der Waals surface area contributed by atoms with E-state index in [1.54, 1.807) is 0 Å². The van der Waals surface area contributed by atoms with E-state index in [0.717, 1.165) is 63.2 Å². The summed E-state index contributed by atoms with van der Waals surface area (Å²) < 4.78 is 0. The van der Waals surface area contributed by atoms with Gasteiger partial charge in [-0.1, -0.05) is 30.3 Å². The van der Waals surface area contributed by atoms with Crippen molar-refractivity contribution in [3.8, 4) is 0 Å². The summed E-state index contributed by atoms with van der Waals surface area (Å²) in [4.78, 5) is 19.8. The molecule has 0 saturated carbocycles. The van der Waals surface area contributed by atoms with Crippen LogP contribution in [0.4, 0.5) is 16.2 Å². The number of amides is 2. The second-order valence-electron chi connectivity index (χ2n) is 8.40. The molecule has 0 aliphatic carbocycles. The first-order valence-electron chi connectivity index (χ1n) is 10.8. The minimum atomic E-state index is 0.0267. The van der Waals surface area contributed by atoms with Gasteiger partial charge in [-0.05, 0) is 62.6 Å². The van der Waals surface area contributed by atoms with E-state index in [1.165, 1.54) is 11.3 Å². The molecule has 0 spiro atoms. The van der Waals surface area contributed by atoms with Crippen LogP contribution in [0.25, 0.3) is 0 Å². The molecule has 2 fully saturated rings. The van der Waals surface area contributed by atoms with Crippen LogP contribution >= 0.6 is 0 Å². The molecule has 2 amide bonds. The molecule has 0 radical (unpaired) electrons. The Bertz CT molecular complexity index is 830. The number of likely N-dealkylation sites (N-methyl/N-ethyl adjacent to an activating group) is 1. The molecular formula is C24H32N4O. The Labute approximate surface area is 174 Å². The zero-order valence-electron chi connectivity index (χ0n) is 17.6. The minimum Gasteiger partial charge on any atom is -0.369 e. The lowest BCUT2D eigenvalue weighted by atomic mass is 10.0. The zero-order chi connectivity index (χ0) is 20.2. The van der Waals surface area contributed by atoms with Gasteiger partial charge in [0.15, 0.2) is 0 Å². The van der Waals surface area contributed by atoms with Gasteiger partial charge in [-0.2, -0.15) is 0 Å². The summed E-state index contributed by atoms with van der Waals surface area (Å²) in [7, 11) is 2.17. The number of nitrogens with zero attached hydrogens (tertiary/aromatic N) is 3. The van der Waals surface area contributed by atoms with E-state index >= 15 is 0 Å². The largest absolute Gasteiger partial charge is 0.369 e. The van der Waals surface area contributed by atoms with Gasteiger partial charge in [0.25, 0.3) is 0 Å². The lowest BCUT2D eigenvalue weighted by Gasteiger charge is -2.34. The molecule has 2 aromatic carbocycles. The number of carbonyl (C=O) groups is 1. The van der Waals surface area contributed by atoms with Gasteiger partial charge < -0.3 is 20.0 Å². The quantitative estimate of drug-likeness (QED) is 0.855. The Morgan fingerprint density at radius 2 is 1.79 bits per heavy atom. The topological polar surface area (TPSA) is 38.8 Å². The van der Waals surface area contributed by atoms with Crippen molar-refractivity contribution in [2.24, 2.45) is 0 Å². The number of aryl methyl sites for hydroxylation is 1. The van der Waals surface area contributed by atoms with Gasteiger partial charge >= 0.3 is 6.03 Å². The average Bonchev–Trinajstić information content (AvgIpc) is 3.19. The summed E-state index contributed by atoms with van der Waals surface area (Å²) in [6, 6.07) is 17.2. The van der Waals surface area contributed by atoms with Crippen molar-refractivity contribution in [2.75, 3.05) is 50.0 Å². The molecular weight excluding hydrogens is 360 g/mol. The van der Waals surface area contributed by atoms with Crippen LogP contribution in [0.5, 0.6) is 0 Å². The van der Waals surface area contributed by atoms with E-state index in [4.69, 9.17) is 0 Å². The molecule has 154 valence electrons. The normalized spacial score (nSPS) is 20.1. The molecule has 5 heteroatoms. The maximum Gasteiger partial charge on any atom is 0.322 e. The molecule has 2 saturated heterocycles. The molecule has 5 nitrogen and oxygen atoms in total. The van der Waals surface area contributed by atoms with Gasteiger partial charge in [0.2, 0.25) is 0 Å². The molecule has 2 aromatic rings. The van der Waals surface area contributed by atoms with E-state index < -0.39 is 0 Å². The molecule has 29 heavy (non-hydrogen) atoms. The Balaban J connectivity index is 1.40. The van der Waals surface area contributed by atoms with Crippen molar-refractivity contribution in [3.63, 3.8) is 0 Å². The first kappa shape index (κ1) is 19.8. The van der Waals surface area contributed by atoms with Crippen molar-refractivity contribution in [1.82, 2.24) is 9.80 Å². The number of benzene rings is 2. The van der Waals surface area contributed by atoms with E-state index in [0.29, 0.717) is 0 Å². The van der Waals surface area contributed by atoms with E-state index in [9.17, 15) is 4.79 Å². The third kappa shape index (κ3) is 4.73. The van der Waals surface area contributed by atoms with Crippen LogP contribution in [0.2, 0.25) is 0 Å². The number of hydrogen-bond donors (Lipinski definition) is 1. The summed E-state index contributed by atoms with van der Waals surface area (Å²) in [5.41, 5.74) is 4.58. The standard InChI is InChI=1S/C24H32N4O/c1-19-17-21(27-15-13-26(2)14-16-27)10-11-23(19)25-24(29)28-12-6-9-22(28)18-20-7-4-3-5-8-20/h3-5,7-8,10-11,17,22H,6,9,12-16,18H2,1-2H3,(H,25,29).